The fourth-order valence-electron chi connectivity index (χ4n) is 3.79. The van der Waals surface area contributed by atoms with Gasteiger partial charge in [-0.1, -0.05) is 43.3 Å². The van der Waals surface area contributed by atoms with Crippen LogP contribution in [0, 0.1) is 6.92 Å². The third kappa shape index (κ3) is 2.14. The maximum Gasteiger partial charge on any atom is 0.134 e. The number of rotatable bonds is 2. The third-order valence-electron chi connectivity index (χ3n) is 4.98. The van der Waals surface area contributed by atoms with Crippen molar-refractivity contribution in [1.82, 2.24) is 0 Å². The Morgan fingerprint density at radius 3 is 2.44 bits per heavy atom. The zero-order chi connectivity index (χ0) is 17.0. The molecule has 0 fully saturated rings. The molecule has 0 aliphatic rings. The predicted octanol–water partition coefficient (Wildman–Crippen LogP) is 7.34. The highest BCUT2D eigenvalue weighted by Crippen LogP contribution is 2.42. The van der Waals surface area contributed by atoms with Gasteiger partial charge in [-0.3, -0.25) is 0 Å². The van der Waals surface area contributed by atoms with Crippen molar-refractivity contribution in [2.45, 2.75) is 20.3 Å². The van der Waals surface area contributed by atoms with Gasteiger partial charge >= 0.3 is 0 Å². The van der Waals surface area contributed by atoms with Crippen LogP contribution in [0.4, 0.5) is 0 Å². The summed E-state index contributed by atoms with van der Waals surface area (Å²) in [5.74, 6) is 1.07. The Kier molecular flexibility index (Phi) is 3.22. The molecule has 0 spiro atoms. The van der Waals surface area contributed by atoms with E-state index in [2.05, 4.69) is 68.4 Å². The van der Waals surface area contributed by atoms with Crippen molar-refractivity contribution in [2.24, 2.45) is 0 Å². The van der Waals surface area contributed by atoms with Gasteiger partial charge in [0.15, 0.2) is 0 Å². The van der Waals surface area contributed by atoms with Crippen LogP contribution < -0.4 is 0 Å². The molecule has 5 aromatic rings. The van der Waals surface area contributed by atoms with Crippen molar-refractivity contribution < 1.29 is 4.42 Å². The Bertz CT molecular complexity index is 1240. The van der Waals surface area contributed by atoms with E-state index in [-0.39, 0.29) is 0 Å². The lowest BCUT2D eigenvalue weighted by Crippen LogP contribution is -1.86. The summed E-state index contributed by atoms with van der Waals surface area (Å²) in [6.07, 6.45) is 0.897. The predicted molar refractivity (Wildman–Crippen MR) is 109 cm³/mol. The smallest absolute Gasteiger partial charge is 0.134 e. The summed E-state index contributed by atoms with van der Waals surface area (Å²) in [5.41, 5.74) is 4.83. The lowest BCUT2D eigenvalue weighted by molar-refractivity contribution is 0.558. The minimum absolute atomic E-state index is 0.897. The van der Waals surface area contributed by atoms with Gasteiger partial charge in [0.1, 0.15) is 11.3 Å². The van der Waals surface area contributed by atoms with E-state index in [0.717, 1.165) is 17.8 Å². The van der Waals surface area contributed by atoms with Gasteiger partial charge in [0.05, 0.1) is 0 Å². The average Bonchev–Trinajstić information content (AvgIpc) is 3.18. The molecule has 25 heavy (non-hydrogen) atoms. The number of hydrogen-bond donors (Lipinski definition) is 0. The second-order valence-electron chi connectivity index (χ2n) is 6.51. The Morgan fingerprint density at radius 1 is 0.840 bits per heavy atom. The van der Waals surface area contributed by atoms with Crippen molar-refractivity contribution in [2.75, 3.05) is 0 Å². The zero-order valence-corrected chi connectivity index (χ0v) is 15.1. The van der Waals surface area contributed by atoms with Crippen LogP contribution in [0.25, 0.3) is 42.3 Å². The van der Waals surface area contributed by atoms with Gasteiger partial charge in [-0.25, -0.2) is 0 Å². The quantitative estimate of drug-likeness (QED) is 0.327. The summed E-state index contributed by atoms with van der Waals surface area (Å²) in [7, 11) is 0. The molecule has 0 saturated heterocycles. The summed E-state index contributed by atoms with van der Waals surface area (Å²) in [5, 5.41) is 3.92. The van der Waals surface area contributed by atoms with Crippen LogP contribution in [0.3, 0.4) is 0 Å². The summed E-state index contributed by atoms with van der Waals surface area (Å²) >= 11 is 1.87. The van der Waals surface area contributed by atoms with E-state index in [1.807, 2.05) is 17.4 Å². The van der Waals surface area contributed by atoms with Crippen LogP contribution in [0.5, 0.6) is 0 Å². The molecular formula is C23H18OS. The lowest BCUT2D eigenvalue weighted by Gasteiger charge is -2.07. The standard InChI is InChI=1S/C23H18OS/c1-3-19-23(16-9-4-6-10-20(16)24-19)17-13-22-18(12-14(17)2)15-8-5-7-11-21(15)25-22/h4-13H,3H2,1-2H3. The second-order valence-corrected chi connectivity index (χ2v) is 7.60. The molecule has 2 heterocycles. The Balaban J connectivity index is 1.87. The van der Waals surface area contributed by atoms with E-state index in [1.165, 1.54) is 42.2 Å². The Labute approximate surface area is 150 Å². The van der Waals surface area contributed by atoms with Crippen LogP contribution in [-0.4, -0.2) is 0 Å². The molecular weight excluding hydrogens is 324 g/mol. The van der Waals surface area contributed by atoms with Crippen LogP contribution in [0.15, 0.2) is 65.1 Å². The van der Waals surface area contributed by atoms with E-state index in [1.54, 1.807) is 0 Å². The maximum atomic E-state index is 6.13. The molecule has 2 aromatic heterocycles. The molecule has 3 aromatic carbocycles. The molecule has 0 N–H and O–H groups in total. The maximum absolute atomic E-state index is 6.13. The van der Waals surface area contributed by atoms with Gasteiger partial charge in [0, 0.05) is 37.5 Å². The van der Waals surface area contributed by atoms with Crippen molar-refractivity contribution in [1.29, 1.82) is 0 Å². The lowest BCUT2D eigenvalue weighted by atomic mass is 9.95. The van der Waals surface area contributed by atoms with E-state index >= 15 is 0 Å². The summed E-state index contributed by atoms with van der Waals surface area (Å²) in [4.78, 5) is 0. The molecule has 0 bridgehead atoms. The van der Waals surface area contributed by atoms with Gasteiger partial charge < -0.3 is 4.42 Å². The molecule has 0 unspecified atom stereocenters. The molecule has 0 aliphatic carbocycles. The molecule has 0 saturated carbocycles. The number of hydrogen-bond acceptors (Lipinski definition) is 2. The van der Waals surface area contributed by atoms with Crippen LogP contribution in [0.1, 0.15) is 18.2 Å². The third-order valence-corrected chi connectivity index (χ3v) is 6.12. The highest BCUT2D eigenvalue weighted by molar-refractivity contribution is 7.25. The first-order valence-electron chi connectivity index (χ1n) is 8.69. The Morgan fingerprint density at radius 2 is 1.60 bits per heavy atom. The van der Waals surface area contributed by atoms with Crippen molar-refractivity contribution >= 4 is 42.5 Å². The molecule has 0 radical (unpaired) electrons. The molecule has 0 aliphatic heterocycles. The number of para-hydroxylation sites is 1. The number of fused-ring (bicyclic) bond motifs is 4. The van der Waals surface area contributed by atoms with Gasteiger partial charge in [-0.05, 0) is 42.3 Å². The fraction of sp³-hybridized carbons (Fsp3) is 0.130. The van der Waals surface area contributed by atoms with E-state index < -0.39 is 0 Å². The van der Waals surface area contributed by atoms with Crippen LogP contribution >= 0.6 is 11.3 Å². The monoisotopic (exact) mass is 342 g/mol. The molecule has 0 amide bonds. The topological polar surface area (TPSA) is 13.1 Å². The molecule has 1 nitrogen and oxygen atoms in total. The van der Waals surface area contributed by atoms with E-state index in [0.29, 0.717) is 0 Å². The SMILES string of the molecule is CCc1oc2ccccc2c1-c1cc2sc3ccccc3c2cc1C. The van der Waals surface area contributed by atoms with Crippen LogP contribution in [0.2, 0.25) is 0 Å². The number of thiophene rings is 1. The first-order valence-corrected chi connectivity index (χ1v) is 9.50. The molecule has 5 rings (SSSR count). The van der Waals surface area contributed by atoms with Crippen LogP contribution in [-0.2, 0) is 6.42 Å². The second kappa shape index (κ2) is 5.47. The molecule has 2 heteroatoms. The van der Waals surface area contributed by atoms with Gasteiger partial charge in [-0.15, -0.1) is 11.3 Å². The van der Waals surface area contributed by atoms with E-state index in [9.17, 15) is 0 Å². The normalized spacial score (nSPS) is 11.8. The van der Waals surface area contributed by atoms with Gasteiger partial charge in [-0.2, -0.15) is 0 Å². The summed E-state index contributed by atoms with van der Waals surface area (Å²) in [6, 6.07) is 21.7. The van der Waals surface area contributed by atoms with Crippen molar-refractivity contribution in [3.8, 4) is 11.1 Å². The first kappa shape index (κ1) is 14.7. The fourth-order valence-corrected chi connectivity index (χ4v) is 4.92. The van der Waals surface area contributed by atoms with Crippen molar-refractivity contribution in [3.05, 3.63) is 72.0 Å². The summed E-state index contributed by atoms with van der Waals surface area (Å²) in [6.45, 7) is 4.37. The number of benzene rings is 3. The number of furan rings is 1. The molecule has 122 valence electrons. The largest absolute Gasteiger partial charge is 0.460 e. The first-order chi connectivity index (χ1) is 12.3. The number of aryl methyl sites for hydroxylation is 2. The highest BCUT2D eigenvalue weighted by Gasteiger charge is 2.17. The van der Waals surface area contributed by atoms with Crippen molar-refractivity contribution in [3.63, 3.8) is 0 Å². The Hall–Kier alpha value is -2.58. The summed E-state index contributed by atoms with van der Waals surface area (Å²) < 4.78 is 8.82. The highest BCUT2D eigenvalue weighted by atomic mass is 32.1. The van der Waals surface area contributed by atoms with E-state index in [4.69, 9.17) is 4.42 Å². The zero-order valence-electron chi connectivity index (χ0n) is 14.3. The van der Waals surface area contributed by atoms with Gasteiger partial charge in [0.2, 0.25) is 0 Å². The minimum atomic E-state index is 0.897. The molecule has 0 atom stereocenters. The van der Waals surface area contributed by atoms with Gasteiger partial charge in [0.25, 0.3) is 0 Å². The minimum Gasteiger partial charge on any atom is -0.460 e. The average molecular weight is 342 g/mol.